The lowest BCUT2D eigenvalue weighted by Crippen LogP contribution is -2.46. The van der Waals surface area contributed by atoms with Crippen LogP contribution in [0.3, 0.4) is 0 Å². The van der Waals surface area contributed by atoms with Crippen LogP contribution in [0.4, 0.5) is 0 Å². The summed E-state index contributed by atoms with van der Waals surface area (Å²) in [5, 5.41) is 1.48. The average Bonchev–Trinajstić information content (AvgIpc) is 1.86. The summed E-state index contributed by atoms with van der Waals surface area (Å²) in [6.07, 6.45) is 0. The molecule has 1 unspecified atom stereocenters. The molecule has 0 heterocycles. The highest BCUT2D eigenvalue weighted by Crippen LogP contribution is 2.10. The number of alkyl halides is 1. The molecule has 0 aliphatic carbocycles. The maximum absolute atomic E-state index is 11.5. The van der Waals surface area contributed by atoms with Gasteiger partial charge in [-0.2, -0.15) is 0 Å². The van der Waals surface area contributed by atoms with Crippen molar-refractivity contribution in [3.8, 4) is 0 Å². The molecule has 0 fully saturated rings. The van der Waals surface area contributed by atoms with E-state index in [-0.39, 0.29) is 0 Å². The van der Waals surface area contributed by atoms with Crippen molar-refractivity contribution in [2.75, 3.05) is 21.1 Å². The minimum absolute atomic E-state index is 0.456. The van der Waals surface area contributed by atoms with E-state index in [2.05, 4.69) is 5.32 Å². The summed E-state index contributed by atoms with van der Waals surface area (Å²) in [5.41, 5.74) is 0. The van der Waals surface area contributed by atoms with Gasteiger partial charge >= 0.3 is 0 Å². The van der Waals surface area contributed by atoms with Gasteiger partial charge in [0.1, 0.15) is 5.37 Å². The molecule has 0 saturated carbocycles. The van der Waals surface area contributed by atoms with E-state index in [9.17, 15) is 8.42 Å². The SMILES string of the molecule is CN[C@H](C(C)Cl)S(=O)(=O)N(C)C. The molecule has 4 nitrogen and oxygen atoms in total. The van der Waals surface area contributed by atoms with Gasteiger partial charge in [-0.3, -0.25) is 0 Å². The van der Waals surface area contributed by atoms with Crippen LogP contribution in [0.2, 0.25) is 0 Å². The van der Waals surface area contributed by atoms with Crippen LogP contribution < -0.4 is 5.32 Å². The second-order valence-electron chi connectivity index (χ2n) is 2.71. The smallest absolute Gasteiger partial charge is 0.231 e. The fraction of sp³-hybridized carbons (Fsp3) is 1.00. The second kappa shape index (κ2) is 4.41. The molecule has 12 heavy (non-hydrogen) atoms. The van der Waals surface area contributed by atoms with E-state index in [0.717, 1.165) is 4.31 Å². The van der Waals surface area contributed by atoms with Gasteiger partial charge in [-0.05, 0) is 14.0 Å². The van der Waals surface area contributed by atoms with Crippen LogP contribution >= 0.6 is 11.6 Å². The Balaban J connectivity index is 4.74. The molecular weight excluding hydrogens is 200 g/mol. The van der Waals surface area contributed by atoms with Gasteiger partial charge < -0.3 is 5.32 Å². The monoisotopic (exact) mass is 214 g/mol. The third-order valence-corrected chi connectivity index (χ3v) is 4.24. The molecule has 1 N–H and O–H groups in total. The number of hydrogen-bond donors (Lipinski definition) is 1. The van der Waals surface area contributed by atoms with Gasteiger partial charge in [-0.15, -0.1) is 11.6 Å². The quantitative estimate of drug-likeness (QED) is 0.673. The minimum Gasteiger partial charge on any atom is -0.302 e. The first-order valence-corrected chi connectivity index (χ1v) is 5.50. The van der Waals surface area contributed by atoms with Gasteiger partial charge in [0.25, 0.3) is 0 Å². The van der Waals surface area contributed by atoms with Crippen LogP contribution in [0.5, 0.6) is 0 Å². The van der Waals surface area contributed by atoms with E-state index in [1.165, 1.54) is 14.1 Å². The van der Waals surface area contributed by atoms with Crippen LogP contribution in [0.1, 0.15) is 6.92 Å². The van der Waals surface area contributed by atoms with Crippen LogP contribution in [0.15, 0.2) is 0 Å². The Morgan fingerprint density at radius 1 is 1.42 bits per heavy atom. The van der Waals surface area contributed by atoms with Crippen molar-refractivity contribution in [1.29, 1.82) is 0 Å². The number of halogens is 1. The summed E-state index contributed by atoms with van der Waals surface area (Å²) >= 11 is 5.70. The largest absolute Gasteiger partial charge is 0.302 e. The molecular formula is C6H15ClN2O2S. The van der Waals surface area contributed by atoms with E-state index in [1.807, 2.05) is 0 Å². The molecule has 0 aliphatic heterocycles. The van der Waals surface area contributed by atoms with Gasteiger partial charge in [0, 0.05) is 14.1 Å². The fourth-order valence-corrected chi connectivity index (χ4v) is 2.58. The molecule has 0 amide bonds. The Morgan fingerprint density at radius 3 is 1.92 bits per heavy atom. The molecule has 0 spiro atoms. The average molecular weight is 215 g/mol. The highest BCUT2D eigenvalue weighted by atomic mass is 35.5. The first-order chi connectivity index (χ1) is 5.34. The highest BCUT2D eigenvalue weighted by Gasteiger charge is 2.29. The van der Waals surface area contributed by atoms with E-state index < -0.39 is 20.8 Å². The normalized spacial score (nSPS) is 17.8. The first kappa shape index (κ1) is 12.2. The number of hydrogen-bond acceptors (Lipinski definition) is 3. The predicted octanol–water partition coefficient (Wildman–Crippen LogP) is 0.0506. The minimum atomic E-state index is -3.30. The molecule has 0 aromatic heterocycles. The van der Waals surface area contributed by atoms with E-state index in [0.29, 0.717) is 0 Å². The molecule has 0 aromatic rings. The summed E-state index contributed by atoms with van der Waals surface area (Å²) in [6.45, 7) is 1.64. The fourth-order valence-electron chi connectivity index (χ4n) is 0.843. The lowest BCUT2D eigenvalue weighted by molar-refractivity contribution is 0.491. The van der Waals surface area contributed by atoms with Gasteiger partial charge in [-0.25, -0.2) is 12.7 Å². The van der Waals surface area contributed by atoms with E-state index >= 15 is 0 Å². The number of rotatable bonds is 4. The summed E-state index contributed by atoms with van der Waals surface area (Å²) in [7, 11) is 1.25. The molecule has 0 saturated heterocycles. The Kier molecular flexibility index (Phi) is 4.47. The van der Waals surface area contributed by atoms with Gasteiger partial charge in [-0.1, -0.05) is 0 Å². The van der Waals surface area contributed by atoms with Crippen LogP contribution in [0.25, 0.3) is 0 Å². The van der Waals surface area contributed by atoms with Crippen molar-refractivity contribution in [3.05, 3.63) is 0 Å². The number of nitrogens with zero attached hydrogens (tertiary/aromatic N) is 1. The van der Waals surface area contributed by atoms with Crippen LogP contribution in [-0.2, 0) is 10.0 Å². The zero-order valence-electron chi connectivity index (χ0n) is 7.70. The van der Waals surface area contributed by atoms with Gasteiger partial charge in [0.15, 0.2) is 0 Å². The Bertz CT molecular complexity index is 226. The summed E-state index contributed by atoms with van der Waals surface area (Å²) in [6, 6.07) is 0. The van der Waals surface area contributed by atoms with Crippen molar-refractivity contribution >= 4 is 21.6 Å². The zero-order valence-corrected chi connectivity index (χ0v) is 9.28. The summed E-state index contributed by atoms with van der Waals surface area (Å²) in [5.74, 6) is 0. The molecule has 2 atom stereocenters. The Hall–Kier alpha value is 0.160. The van der Waals surface area contributed by atoms with Crippen molar-refractivity contribution in [2.45, 2.75) is 17.7 Å². The molecule has 0 rings (SSSR count). The molecule has 0 bridgehead atoms. The van der Waals surface area contributed by atoms with Crippen LogP contribution in [0, 0.1) is 0 Å². The highest BCUT2D eigenvalue weighted by molar-refractivity contribution is 7.89. The predicted molar refractivity (Wildman–Crippen MR) is 50.8 cm³/mol. The molecule has 6 heteroatoms. The van der Waals surface area contributed by atoms with Gasteiger partial charge in [0.2, 0.25) is 10.0 Å². The Morgan fingerprint density at radius 2 is 1.83 bits per heavy atom. The van der Waals surface area contributed by atoms with Crippen LogP contribution in [-0.4, -0.2) is 44.6 Å². The van der Waals surface area contributed by atoms with E-state index in [4.69, 9.17) is 11.6 Å². The topological polar surface area (TPSA) is 49.4 Å². The number of sulfonamides is 1. The maximum atomic E-state index is 11.5. The van der Waals surface area contributed by atoms with Crippen molar-refractivity contribution in [1.82, 2.24) is 9.62 Å². The molecule has 0 aromatic carbocycles. The molecule has 0 radical (unpaired) electrons. The van der Waals surface area contributed by atoms with E-state index in [1.54, 1.807) is 14.0 Å². The summed E-state index contributed by atoms with van der Waals surface area (Å²) in [4.78, 5) is 0. The van der Waals surface area contributed by atoms with Crippen molar-refractivity contribution < 1.29 is 8.42 Å². The first-order valence-electron chi connectivity index (χ1n) is 3.56. The lowest BCUT2D eigenvalue weighted by atomic mass is 10.5. The maximum Gasteiger partial charge on any atom is 0.231 e. The van der Waals surface area contributed by atoms with Gasteiger partial charge in [0.05, 0.1) is 5.38 Å². The lowest BCUT2D eigenvalue weighted by Gasteiger charge is -2.22. The molecule has 74 valence electrons. The summed E-state index contributed by atoms with van der Waals surface area (Å²) < 4.78 is 24.1. The number of nitrogens with one attached hydrogen (secondary N) is 1. The zero-order chi connectivity index (χ0) is 9.94. The second-order valence-corrected chi connectivity index (χ2v) is 5.67. The van der Waals surface area contributed by atoms with Crippen molar-refractivity contribution in [2.24, 2.45) is 0 Å². The van der Waals surface area contributed by atoms with Crippen molar-refractivity contribution in [3.63, 3.8) is 0 Å². The third-order valence-electron chi connectivity index (χ3n) is 1.53. The third kappa shape index (κ3) is 2.58. The molecule has 0 aliphatic rings. The standard InChI is InChI=1S/C6H15ClN2O2S/c1-5(7)6(8-2)12(10,11)9(3)4/h5-6,8H,1-4H3/t5?,6-/m0/s1. The Labute approximate surface area is 78.9 Å².